The van der Waals surface area contributed by atoms with Crippen molar-refractivity contribution in [3.8, 4) is 0 Å². The zero-order chi connectivity index (χ0) is 29.0. The third kappa shape index (κ3) is 4.78. The van der Waals surface area contributed by atoms with Gasteiger partial charge in [-0.3, -0.25) is 4.79 Å². The van der Waals surface area contributed by atoms with E-state index in [1.54, 1.807) is 6.20 Å². The van der Waals surface area contributed by atoms with Crippen LogP contribution in [-0.2, 0) is 20.8 Å². The van der Waals surface area contributed by atoms with Gasteiger partial charge in [-0.05, 0) is 105 Å². The summed E-state index contributed by atoms with van der Waals surface area (Å²) in [5, 5.41) is 28.7. The summed E-state index contributed by atoms with van der Waals surface area (Å²) in [5.41, 5.74) is 3.66. The number of aromatic nitrogens is 1. The summed E-state index contributed by atoms with van der Waals surface area (Å²) in [6, 6.07) is 6.62. The van der Waals surface area contributed by atoms with E-state index in [-0.39, 0.29) is 23.9 Å². The summed E-state index contributed by atoms with van der Waals surface area (Å²) >= 11 is 0. The first-order valence-electron chi connectivity index (χ1n) is 15.2. The Morgan fingerprint density at radius 3 is 2.68 bits per heavy atom. The van der Waals surface area contributed by atoms with E-state index in [9.17, 15) is 19.8 Å². The van der Waals surface area contributed by atoms with Gasteiger partial charge in [0.2, 0.25) is 0 Å². The van der Waals surface area contributed by atoms with Crippen molar-refractivity contribution in [3.63, 3.8) is 0 Å². The van der Waals surface area contributed by atoms with Gasteiger partial charge in [0, 0.05) is 23.5 Å². The minimum absolute atomic E-state index is 0.0243. The number of amides is 1. The van der Waals surface area contributed by atoms with Gasteiger partial charge in [-0.1, -0.05) is 42.8 Å². The molecule has 0 spiro atoms. The summed E-state index contributed by atoms with van der Waals surface area (Å²) in [6.07, 6.45) is 12.4. The van der Waals surface area contributed by atoms with Crippen molar-refractivity contribution in [1.29, 1.82) is 0 Å². The van der Waals surface area contributed by atoms with Crippen LogP contribution in [0.2, 0.25) is 0 Å². The zero-order valence-corrected chi connectivity index (χ0v) is 24.4. The van der Waals surface area contributed by atoms with E-state index in [0.29, 0.717) is 17.8 Å². The van der Waals surface area contributed by atoms with Gasteiger partial charge in [-0.25, -0.2) is 4.79 Å². The van der Waals surface area contributed by atoms with Gasteiger partial charge >= 0.3 is 5.97 Å². The number of fused-ring (bicyclic) bond motifs is 6. The van der Waals surface area contributed by atoms with E-state index in [0.717, 1.165) is 73.5 Å². The third-order valence-corrected chi connectivity index (χ3v) is 11.6. The van der Waals surface area contributed by atoms with Crippen LogP contribution in [0.4, 0.5) is 0 Å². The van der Waals surface area contributed by atoms with Crippen LogP contribution in [0.1, 0.15) is 77.7 Å². The van der Waals surface area contributed by atoms with Crippen molar-refractivity contribution >= 4 is 28.5 Å². The maximum atomic E-state index is 12.6. The molecular formula is C33H43N3O5. The minimum atomic E-state index is -1.09. The number of benzene rings is 1. The number of rotatable bonds is 7. The third-order valence-electron chi connectivity index (χ3n) is 11.6. The second-order valence-corrected chi connectivity index (χ2v) is 13.6. The summed E-state index contributed by atoms with van der Waals surface area (Å²) in [5.74, 6) is 0.291. The molecule has 1 amide bonds. The predicted molar refractivity (Wildman–Crippen MR) is 157 cm³/mol. The fourth-order valence-electron chi connectivity index (χ4n) is 9.02. The number of H-pyrrole nitrogens is 1. The number of para-hydroxylation sites is 1. The van der Waals surface area contributed by atoms with Crippen molar-refractivity contribution in [2.75, 3.05) is 6.61 Å². The smallest absolute Gasteiger partial charge is 0.326 e. The van der Waals surface area contributed by atoms with Crippen LogP contribution in [0.25, 0.3) is 10.9 Å². The van der Waals surface area contributed by atoms with Crippen molar-refractivity contribution in [2.24, 2.45) is 33.7 Å². The Bertz CT molecular complexity index is 1410. The molecule has 6 rings (SSSR count). The van der Waals surface area contributed by atoms with Gasteiger partial charge in [0.15, 0.2) is 6.61 Å². The highest BCUT2D eigenvalue weighted by Gasteiger charge is 2.62. The molecule has 3 fully saturated rings. The second-order valence-electron chi connectivity index (χ2n) is 13.6. The molecule has 0 aliphatic heterocycles. The molecule has 0 unspecified atom stereocenters. The maximum absolute atomic E-state index is 12.6. The van der Waals surface area contributed by atoms with E-state index in [4.69, 9.17) is 4.84 Å². The van der Waals surface area contributed by atoms with Crippen molar-refractivity contribution < 1.29 is 24.6 Å². The number of aliphatic carboxylic acids is 1. The molecule has 8 heteroatoms. The predicted octanol–water partition coefficient (Wildman–Crippen LogP) is 5.37. The Morgan fingerprint density at radius 2 is 1.88 bits per heavy atom. The van der Waals surface area contributed by atoms with Gasteiger partial charge < -0.3 is 25.4 Å². The fourth-order valence-corrected chi connectivity index (χ4v) is 9.02. The molecule has 0 bridgehead atoms. The monoisotopic (exact) mass is 561 g/mol. The van der Waals surface area contributed by atoms with Crippen LogP contribution in [0.5, 0.6) is 0 Å². The molecule has 41 heavy (non-hydrogen) atoms. The summed E-state index contributed by atoms with van der Waals surface area (Å²) in [6.45, 7) is 6.48. The van der Waals surface area contributed by atoms with E-state index in [1.165, 1.54) is 5.57 Å². The molecule has 7 atom stereocenters. The largest absolute Gasteiger partial charge is 0.480 e. The number of nitrogens with one attached hydrogen (secondary N) is 2. The van der Waals surface area contributed by atoms with E-state index < -0.39 is 23.5 Å². The number of nitrogens with zero attached hydrogens (tertiary/aromatic N) is 1. The Morgan fingerprint density at radius 1 is 1.10 bits per heavy atom. The molecule has 8 nitrogen and oxygen atoms in total. The minimum Gasteiger partial charge on any atom is -0.480 e. The van der Waals surface area contributed by atoms with E-state index in [1.807, 2.05) is 24.3 Å². The van der Waals surface area contributed by atoms with Gasteiger partial charge in [0.25, 0.3) is 5.91 Å². The Hall–Kier alpha value is -3.13. The van der Waals surface area contributed by atoms with E-state index in [2.05, 4.69) is 42.3 Å². The quantitative estimate of drug-likeness (QED) is 0.339. The van der Waals surface area contributed by atoms with Crippen LogP contribution in [-0.4, -0.2) is 51.0 Å². The van der Waals surface area contributed by atoms with Gasteiger partial charge in [0.1, 0.15) is 6.04 Å². The normalized spacial score (nSPS) is 36.1. The molecule has 4 aliphatic carbocycles. The van der Waals surface area contributed by atoms with Crippen molar-refractivity contribution in [3.05, 3.63) is 47.7 Å². The molecule has 4 N–H and O–H groups in total. The average Bonchev–Trinajstić information content (AvgIpc) is 3.45. The number of carbonyl (C=O) groups is 2. The highest BCUT2D eigenvalue weighted by atomic mass is 16.6. The molecule has 1 aromatic heterocycles. The van der Waals surface area contributed by atoms with Gasteiger partial charge in [0.05, 0.1) is 11.3 Å². The van der Waals surface area contributed by atoms with Gasteiger partial charge in [-0.2, -0.15) is 0 Å². The average molecular weight is 562 g/mol. The number of hydrogen-bond acceptors (Lipinski definition) is 5. The molecule has 220 valence electrons. The fraction of sp³-hybridized carbons (Fsp3) is 0.606. The second kappa shape index (κ2) is 10.3. The summed E-state index contributed by atoms with van der Waals surface area (Å²) in [7, 11) is 0. The van der Waals surface area contributed by atoms with Crippen LogP contribution < -0.4 is 5.32 Å². The maximum Gasteiger partial charge on any atom is 0.326 e. The highest BCUT2D eigenvalue weighted by molar-refractivity contribution is 5.96. The zero-order valence-electron chi connectivity index (χ0n) is 24.4. The Kier molecular flexibility index (Phi) is 7.04. The molecule has 4 aliphatic rings. The number of carboxylic acid groups (broad SMARTS) is 1. The first-order valence-corrected chi connectivity index (χ1v) is 15.2. The lowest BCUT2D eigenvalue weighted by molar-refractivity contribution is -0.142. The SMILES string of the molecule is C[C@]12CC/C(=N/OCC(=O)N[C@@H](Cc3c[nH]c4ccccc34)C(=O)O)C=C1CC[C@@H]1[C@@H]2CC[C@@]2(C)[C@H]1CC[C@]2(C)O. The van der Waals surface area contributed by atoms with Crippen LogP contribution >= 0.6 is 0 Å². The Labute approximate surface area is 241 Å². The van der Waals surface area contributed by atoms with Crippen LogP contribution in [0.3, 0.4) is 0 Å². The number of carboxylic acids is 1. The summed E-state index contributed by atoms with van der Waals surface area (Å²) in [4.78, 5) is 33.0. The molecule has 0 saturated heterocycles. The molecule has 2 aromatic rings. The van der Waals surface area contributed by atoms with Gasteiger partial charge in [-0.15, -0.1) is 0 Å². The number of allylic oxidation sites excluding steroid dienone is 2. The first kappa shape index (κ1) is 28.0. The molecule has 0 radical (unpaired) electrons. The Balaban J connectivity index is 1.07. The summed E-state index contributed by atoms with van der Waals surface area (Å²) < 4.78 is 0. The van der Waals surface area contributed by atoms with Crippen LogP contribution in [0.15, 0.2) is 47.3 Å². The van der Waals surface area contributed by atoms with Crippen molar-refractivity contribution in [2.45, 2.75) is 90.2 Å². The number of aliphatic hydroxyl groups is 1. The number of aromatic amines is 1. The molecule has 3 saturated carbocycles. The molecule has 1 aromatic carbocycles. The first-order chi connectivity index (χ1) is 19.5. The molecule has 1 heterocycles. The standard InChI is InChI=1S/C33H43N3O5/c1-31-13-10-22(17-21(31)8-9-24-25(31)11-14-32(2)26(24)12-15-33(32,3)40)36-41-19-29(37)35-28(30(38)39)16-20-18-34-27-7-5-4-6-23(20)27/h4-7,17-18,24-26,28,34,40H,8-16,19H2,1-3H3,(H,35,37)(H,38,39)/b36-22-/t24-,25+,26+,28+,31+,32+,33+/m1/s1. The highest BCUT2D eigenvalue weighted by Crippen LogP contribution is 2.67. The van der Waals surface area contributed by atoms with Crippen molar-refractivity contribution in [1.82, 2.24) is 10.3 Å². The lowest BCUT2D eigenvalue weighted by atomic mass is 9.46. The lowest BCUT2D eigenvalue weighted by Crippen LogP contribution is -2.53. The number of hydrogen-bond donors (Lipinski definition) is 4. The lowest BCUT2D eigenvalue weighted by Gasteiger charge is -2.59. The number of oxime groups is 1. The van der Waals surface area contributed by atoms with E-state index >= 15 is 0 Å². The topological polar surface area (TPSA) is 124 Å². The van der Waals surface area contributed by atoms with Crippen LogP contribution in [0, 0.1) is 28.6 Å². The molecular weight excluding hydrogens is 518 g/mol. The number of carbonyl (C=O) groups excluding carboxylic acids is 1.